The van der Waals surface area contributed by atoms with E-state index in [2.05, 4.69) is 4.98 Å². The first kappa shape index (κ1) is 14.2. The van der Waals surface area contributed by atoms with Crippen LogP contribution in [0.3, 0.4) is 0 Å². The highest BCUT2D eigenvalue weighted by molar-refractivity contribution is 5.80. The Bertz CT molecular complexity index is 845. The van der Waals surface area contributed by atoms with Crippen molar-refractivity contribution < 1.29 is 14.4 Å². The highest BCUT2D eigenvalue weighted by Crippen LogP contribution is 2.32. The van der Waals surface area contributed by atoms with Gasteiger partial charge in [0.25, 0.3) is 5.69 Å². The maximum absolute atomic E-state index is 10.7. The standard InChI is InChI=1S/C16H14N2O4/c1-16(2,19)12-4-3-5-13-14(12)22-15(17-13)10-6-8-11(9-7-10)18(20)21/h3-9,19H,1-2H3. The number of nitro groups is 1. The van der Waals surface area contributed by atoms with Crippen LogP contribution >= 0.6 is 0 Å². The molecule has 0 fully saturated rings. The molecule has 6 nitrogen and oxygen atoms in total. The number of hydrogen-bond donors (Lipinski definition) is 1. The number of rotatable bonds is 3. The van der Waals surface area contributed by atoms with Crippen LogP contribution in [0.1, 0.15) is 19.4 Å². The monoisotopic (exact) mass is 298 g/mol. The van der Waals surface area contributed by atoms with Gasteiger partial charge in [-0.2, -0.15) is 0 Å². The molecule has 0 saturated carbocycles. The molecule has 0 aliphatic carbocycles. The van der Waals surface area contributed by atoms with Gasteiger partial charge in [-0.3, -0.25) is 10.1 Å². The van der Waals surface area contributed by atoms with Gasteiger partial charge in [-0.25, -0.2) is 4.98 Å². The molecule has 0 aliphatic heterocycles. The molecule has 1 heterocycles. The normalized spacial score (nSPS) is 11.8. The van der Waals surface area contributed by atoms with Gasteiger partial charge in [0.15, 0.2) is 5.58 Å². The lowest BCUT2D eigenvalue weighted by Gasteiger charge is -2.17. The maximum Gasteiger partial charge on any atom is 0.269 e. The Morgan fingerprint density at radius 3 is 2.45 bits per heavy atom. The summed E-state index contributed by atoms with van der Waals surface area (Å²) < 4.78 is 5.77. The minimum Gasteiger partial charge on any atom is -0.436 e. The second-order valence-electron chi connectivity index (χ2n) is 5.54. The first-order valence-electron chi connectivity index (χ1n) is 6.73. The number of hydrogen-bond acceptors (Lipinski definition) is 5. The molecule has 0 radical (unpaired) electrons. The van der Waals surface area contributed by atoms with Crippen molar-refractivity contribution in [1.29, 1.82) is 0 Å². The lowest BCUT2D eigenvalue weighted by molar-refractivity contribution is -0.384. The van der Waals surface area contributed by atoms with Crippen LogP contribution in [-0.2, 0) is 5.60 Å². The third-order valence-corrected chi connectivity index (χ3v) is 3.40. The number of benzene rings is 2. The minimum atomic E-state index is -1.05. The molecule has 2 aromatic carbocycles. The van der Waals surface area contributed by atoms with Crippen molar-refractivity contribution in [3.63, 3.8) is 0 Å². The van der Waals surface area contributed by atoms with Gasteiger partial charge in [0.2, 0.25) is 5.89 Å². The van der Waals surface area contributed by atoms with E-state index < -0.39 is 10.5 Å². The molecule has 1 N–H and O–H groups in total. The molecule has 0 saturated heterocycles. The lowest BCUT2D eigenvalue weighted by atomic mass is 9.98. The third-order valence-electron chi connectivity index (χ3n) is 3.40. The summed E-state index contributed by atoms with van der Waals surface area (Å²) in [6.07, 6.45) is 0. The Hall–Kier alpha value is -2.73. The molecular weight excluding hydrogens is 284 g/mol. The summed E-state index contributed by atoms with van der Waals surface area (Å²) >= 11 is 0. The molecule has 3 aromatic rings. The molecule has 0 bridgehead atoms. The van der Waals surface area contributed by atoms with E-state index in [4.69, 9.17) is 4.42 Å². The predicted molar refractivity (Wildman–Crippen MR) is 81.3 cm³/mol. The van der Waals surface area contributed by atoms with Crippen molar-refractivity contribution in [1.82, 2.24) is 4.98 Å². The first-order chi connectivity index (χ1) is 10.4. The number of fused-ring (bicyclic) bond motifs is 1. The van der Waals surface area contributed by atoms with Gasteiger partial charge in [-0.05, 0) is 32.0 Å². The number of nitro benzene ring substituents is 1. The average molecular weight is 298 g/mol. The van der Waals surface area contributed by atoms with E-state index >= 15 is 0 Å². The van der Waals surface area contributed by atoms with Gasteiger partial charge in [0, 0.05) is 23.3 Å². The van der Waals surface area contributed by atoms with Crippen LogP contribution in [0.5, 0.6) is 0 Å². The van der Waals surface area contributed by atoms with Crippen LogP contribution in [0.15, 0.2) is 46.9 Å². The fraction of sp³-hybridized carbons (Fsp3) is 0.188. The Morgan fingerprint density at radius 2 is 1.86 bits per heavy atom. The smallest absolute Gasteiger partial charge is 0.269 e. The number of aliphatic hydroxyl groups is 1. The Balaban J connectivity index is 2.11. The van der Waals surface area contributed by atoms with E-state index in [-0.39, 0.29) is 5.69 Å². The number of para-hydroxylation sites is 1. The summed E-state index contributed by atoms with van der Waals surface area (Å²) in [4.78, 5) is 14.6. The first-order valence-corrected chi connectivity index (χ1v) is 6.73. The molecule has 22 heavy (non-hydrogen) atoms. The van der Waals surface area contributed by atoms with Crippen molar-refractivity contribution in [2.24, 2.45) is 0 Å². The minimum absolute atomic E-state index is 0.0111. The Labute approximate surface area is 126 Å². The average Bonchev–Trinajstić information content (AvgIpc) is 2.90. The van der Waals surface area contributed by atoms with E-state index in [1.54, 1.807) is 44.2 Å². The summed E-state index contributed by atoms with van der Waals surface area (Å²) in [5.74, 6) is 0.363. The molecule has 6 heteroatoms. The molecule has 3 rings (SSSR count). The fourth-order valence-electron chi connectivity index (χ4n) is 2.28. The molecule has 0 spiro atoms. The molecule has 0 unspecified atom stereocenters. The summed E-state index contributed by atoms with van der Waals surface area (Å²) in [7, 11) is 0. The van der Waals surface area contributed by atoms with E-state index in [1.807, 2.05) is 0 Å². The number of non-ortho nitro benzene ring substituents is 1. The van der Waals surface area contributed by atoms with E-state index in [1.165, 1.54) is 12.1 Å². The second-order valence-corrected chi connectivity index (χ2v) is 5.54. The third kappa shape index (κ3) is 2.44. The molecule has 0 aliphatic rings. The van der Waals surface area contributed by atoms with Crippen LogP contribution in [-0.4, -0.2) is 15.0 Å². The number of nitrogens with zero attached hydrogens (tertiary/aromatic N) is 2. The topological polar surface area (TPSA) is 89.4 Å². The van der Waals surface area contributed by atoms with Crippen molar-refractivity contribution in [3.05, 3.63) is 58.1 Å². The van der Waals surface area contributed by atoms with Gasteiger partial charge in [-0.15, -0.1) is 0 Å². The van der Waals surface area contributed by atoms with Gasteiger partial charge >= 0.3 is 0 Å². The largest absolute Gasteiger partial charge is 0.436 e. The van der Waals surface area contributed by atoms with Crippen LogP contribution < -0.4 is 0 Å². The predicted octanol–water partition coefficient (Wildman–Crippen LogP) is 3.63. The van der Waals surface area contributed by atoms with Gasteiger partial charge in [0.05, 0.1) is 10.5 Å². The van der Waals surface area contributed by atoms with E-state index in [9.17, 15) is 15.2 Å². The molecule has 1 aromatic heterocycles. The zero-order valence-corrected chi connectivity index (χ0v) is 12.1. The van der Waals surface area contributed by atoms with Gasteiger partial charge < -0.3 is 9.52 Å². The SMILES string of the molecule is CC(C)(O)c1cccc2nc(-c3ccc([N+](=O)[O-])cc3)oc12. The fourth-order valence-corrected chi connectivity index (χ4v) is 2.28. The second kappa shape index (κ2) is 4.92. The van der Waals surface area contributed by atoms with Gasteiger partial charge in [-0.1, -0.05) is 12.1 Å². The highest BCUT2D eigenvalue weighted by atomic mass is 16.6. The van der Waals surface area contributed by atoms with Crippen LogP contribution in [0.2, 0.25) is 0 Å². The van der Waals surface area contributed by atoms with E-state index in [0.717, 1.165) is 0 Å². The molecule has 0 amide bonds. The maximum atomic E-state index is 10.7. The molecule has 0 atom stereocenters. The van der Waals surface area contributed by atoms with Crippen molar-refractivity contribution in [2.45, 2.75) is 19.4 Å². The summed E-state index contributed by atoms with van der Waals surface area (Å²) in [6, 6.07) is 11.4. The summed E-state index contributed by atoms with van der Waals surface area (Å²) in [5.41, 5.74) is 1.40. The van der Waals surface area contributed by atoms with Crippen molar-refractivity contribution in [2.75, 3.05) is 0 Å². The van der Waals surface area contributed by atoms with Crippen LogP contribution in [0.4, 0.5) is 5.69 Å². The zero-order valence-electron chi connectivity index (χ0n) is 12.1. The van der Waals surface area contributed by atoms with Crippen LogP contribution in [0.25, 0.3) is 22.6 Å². The van der Waals surface area contributed by atoms with Crippen LogP contribution in [0, 0.1) is 10.1 Å². The highest BCUT2D eigenvalue weighted by Gasteiger charge is 2.22. The quantitative estimate of drug-likeness (QED) is 0.589. The van der Waals surface area contributed by atoms with Crippen molar-refractivity contribution >= 4 is 16.8 Å². The lowest BCUT2D eigenvalue weighted by Crippen LogP contribution is -2.15. The Kier molecular flexibility index (Phi) is 3.18. The molecule has 112 valence electrons. The Morgan fingerprint density at radius 1 is 1.18 bits per heavy atom. The number of aromatic nitrogens is 1. The number of oxazole rings is 1. The van der Waals surface area contributed by atoms with Crippen molar-refractivity contribution in [3.8, 4) is 11.5 Å². The summed E-state index contributed by atoms with van der Waals surface area (Å²) in [6.45, 7) is 3.35. The van der Waals surface area contributed by atoms with E-state index in [0.29, 0.717) is 28.1 Å². The summed E-state index contributed by atoms with van der Waals surface area (Å²) in [5, 5.41) is 20.9. The molecular formula is C16H14N2O4. The van der Waals surface area contributed by atoms with Gasteiger partial charge in [0.1, 0.15) is 5.52 Å². The zero-order chi connectivity index (χ0) is 15.9.